The molecule has 2 aromatic heterocycles. The molecule has 0 aliphatic carbocycles. The Labute approximate surface area is 226 Å². The standard InChI is InChI=1S/C26H32N4O8S/c1-8-37-22(31)20-16-18-19(28(20)39(35,36)17-12-10-9-11-13-17)14-15-21(27-18)38-24(34)30(26(5,6)7)29(23(32)33)25(2,3)4/h9-16H,8H2,1-7H3,(H,32,33). The summed E-state index contributed by atoms with van der Waals surface area (Å²) in [6.07, 6.45) is -2.38. The molecule has 3 aromatic rings. The lowest BCUT2D eigenvalue weighted by Gasteiger charge is -2.46. The number of ether oxygens (including phenoxy) is 2. The number of hydrogen-bond donors (Lipinski definition) is 1. The van der Waals surface area contributed by atoms with Gasteiger partial charge in [-0.25, -0.2) is 41.8 Å². The van der Waals surface area contributed by atoms with Crippen LogP contribution in [0.4, 0.5) is 9.59 Å². The molecular weight excluding hydrogens is 528 g/mol. The largest absolute Gasteiger partial charge is 0.464 e. The maximum atomic E-state index is 13.5. The molecule has 12 nitrogen and oxygen atoms in total. The summed E-state index contributed by atoms with van der Waals surface area (Å²) < 4.78 is 38.4. The number of carbonyl (C=O) groups is 3. The fourth-order valence-corrected chi connectivity index (χ4v) is 5.38. The molecule has 0 saturated carbocycles. The lowest BCUT2D eigenvalue weighted by molar-refractivity contribution is -0.0918. The molecule has 13 heteroatoms. The number of carbonyl (C=O) groups excluding carboxylic acids is 2. The van der Waals surface area contributed by atoms with Crippen molar-refractivity contribution >= 4 is 39.2 Å². The number of amides is 2. The third kappa shape index (κ3) is 5.98. The number of benzene rings is 1. The summed E-state index contributed by atoms with van der Waals surface area (Å²) in [6.45, 7) is 11.4. The summed E-state index contributed by atoms with van der Waals surface area (Å²) in [5.41, 5.74) is -2.19. The van der Waals surface area contributed by atoms with Crippen molar-refractivity contribution in [2.24, 2.45) is 0 Å². The number of nitrogens with zero attached hydrogens (tertiary/aromatic N) is 4. The first-order valence-corrected chi connectivity index (χ1v) is 13.5. The Morgan fingerprint density at radius 3 is 2.05 bits per heavy atom. The van der Waals surface area contributed by atoms with Gasteiger partial charge in [0.2, 0.25) is 5.88 Å². The van der Waals surface area contributed by atoms with Crippen molar-refractivity contribution in [1.82, 2.24) is 19.0 Å². The molecule has 210 valence electrons. The Balaban J connectivity index is 2.12. The highest BCUT2D eigenvalue weighted by atomic mass is 32.2. The van der Waals surface area contributed by atoms with Gasteiger partial charge in [0.15, 0.2) is 0 Å². The van der Waals surface area contributed by atoms with Crippen LogP contribution in [-0.2, 0) is 14.8 Å². The molecule has 0 bridgehead atoms. The predicted molar refractivity (Wildman–Crippen MR) is 142 cm³/mol. The number of esters is 1. The SMILES string of the molecule is CCOC(=O)c1cc2nc(OC(=O)N(N(C(=O)O)C(C)(C)C)C(C)(C)C)ccc2n1S(=O)(=O)c1ccccc1. The van der Waals surface area contributed by atoms with Gasteiger partial charge in [0.05, 0.1) is 33.6 Å². The summed E-state index contributed by atoms with van der Waals surface area (Å²) in [7, 11) is -4.23. The third-order valence-corrected chi connectivity index (χ3v) is 7.11. The van der Waals surface area contributed by atoms with Gasteiger partial charge in [-0.1, -0.05) is 18.2 Å². The van der Waals surface area contributed by atoms with Crippen LogP contribution in [0, 0.1) is 0 Å². The normalized spacial score (nSPS) is 12.2. The molecule has 0 spiro atoms. The highest BCUT2D eigenvalue weighted by Gasteiger charge is 2.42. The van der Waals surface area contributed by atoms with Gasteiger partial charge in [-0.15, -0.1) is 0 Å². The van der Waals surface area contributed by atoms with Gasteiger partial charge in [-0.3, -0.25) is 0 Å². The van der Waals surface area contributed by atoms with Gasteiger partial charge >= 0.3 is 18.2 Å². The number of carboxylic acid groups (broad SMARTS) is 1. The van der Waals surface area contributed by atoms with Crippen molar-refractivity contribution in [1.29, 1.82) is 0 Å². The van der Waals surface area contributed by atoms with Crippen molar-refractivity contribution in [2.75, 3.05) is 6.61 Å². The smallest absolute Gasteiger partial charge is 0.436 e. The highest BCUT2D eigenvalue weighted by Crippen LogP contribution is 2.29. The van der Waals surface area contributed by atoms with Crippen LogP contribution in [-0.4, -0.2) is 68.3 Å². The lowest BCUT2D eigenvalue weighted by atomic mass is 10.1. The van der Waals surface area contributed by atoms with E-state index in [2.05, 4.69) is 4.98 Å². The van der Waals surface area contributed by atoms with Crippen molar-refractivity contribution in [3.8, 4) is 5.88 Å². The molecule has 0 aliphatic rings. The van der Waals surface area contributed by atoms with Gasteiger partial charge in [0.25, 0.3) is 10.0 Å². The molecule has 0 radical (unpaired) electrons. The zero-order valence-corrected chi connectivity index (χ0v) is 23.6. The van der Waals surface area contributed by atoms with E-state index in [0.29, 0.717) is 0 Å². The number of hydrogen-bond acceptors (Lipinski definition) is 8. The second-order valence-corrected chi connectivity index (χ2v) is 12.3. The maximum Gasteiger partial charge on any atom is 0.436 e. The first kappa shape index (κ1) is 29.4. The minimum atomic E-state index is -4.23. The molecule has 1 aromatic carbocycles. The Morgan fingerprint density at radius 2 is 1.54 bits per heavy atom. The zero-order valence-electron chi connectivity index (χ0n) is 22.8. The quantitative estimate of drug-likeness (QED) is 0.345. The highest BCUT2D eigenvalue weighted by molar-refractivity contribution is 7.90. The molecule has 2 heterocycles. The van der Waals surface area contributed by atoms with Crippen molar-refractivity contribution in [3.63, 3.8) is 0 Å². The summed E-state index contributed by atoms with van der Waals surface area (Å²) in [5, 5.41) is 11.7. The van der Waals surface area contributed by atoms with Gasteiger partial charge in [0, 0.05) is 6.07 Å². The molecule has 0 aliphatic heterocycles. The number of aromatic nitrogens is 2. The van der Waals surface area contributed by atoms with E-state index in [-0.39, 0.29) is 34.1 Å². The van der Waals surface area contributed by atoms with Crippen LogP contribution >= 0.6 is 0 Å². The number of hydrazine groups is 1. The van der Waals surface area contributed by atoms with Crippen LogP contribution in [0.15, 0.2) is 53.4 Å². The average Bonchev–Trinajstić information content (AvgIpc) is 3.21. The van der Waals surface area contributed by atoms with Crippen LogP contribution in [0.5, 0.6) is 5.88 Å². The average molecular weight is 561 g/mol. The molecule has 0 atom stereocenters. The van der Waals surface area contributed by atoms with E-state index < -0.39 is 39.3 Å². The molecule has 39 heavy (non-hydrogen) atoms. The fourth-order valence-electron chi connectivity index (χ4n) is 3.87. The van der Waals surface area contributed by atoms with Crippen LogP contribution in [0.2, 0.25) is 0 Å². The van der Waals surface area contributed by atoms with Crippen LogP contribution in [0.25, 0.3) is 11.0 Å². The number of fused-ring (bicyclic) bond motifs is 1. The number of pyridine rings is 1. The summed E-state index contributed by atoms with van der Waals surface area (Å²) in [4.78, 5) is 42.3. The molecule has 0 saturated heterocycles. The Bertz CT molecular complexity index is 1500. The van der Waals surface area contributed by atoms with E-state index >= 15 is 0 Å². The predicted octanol–water partition coefficient (Wildman–Crippen LogP) is 4.74. The van der Waals surface area contributed by atoms with Gasteiger partial charge < -0.3 is 14.6 Å². The van der Waals surface area contributed by atoms with Crippen LogP contribution in [0.1, 0.15) is 59.0 Å². The van der Waals surface area contributed by atoms with E-state index in [1.165, 1.54) is 30.3 Å². The Kier molecular flexibility index (Phi) is 7.97. The summed E-state index contributed by atoms with van der Waals surface area (Å²) in [5.74, 6) is -1.11. The maximum absolute atomic E-state index is 13.5. The monoisotopic (exact) mass is 560 g/mol. The van der Waals surface area contributed by atoms with E-state index in [1.54, 1.807) is 66.7 Å². The molecule has 0 fully saturated rings. The first-order valence-electron chi connectivity index (χ1n) is 12.1. The summed E-state index contributed by atoms with van der Waals surface area (Å²) in [6, 6.07) is 11.4. The van der Waals surface area contributed by atoms with E-state index in [4.69, 9.17) is 9.47 Å². The van der Waals surface area contributed by atoms with Gasteiger partial charge in [0.1, 0.15) is 5.69 Å². The van der Waals surface area contributed by atoms with Crippen molar-refractivity contribution in [2.45, 2.75) is 64.4 Å². The molecular formula is C26H32N4O8S. The van der Waals surface area contributed by atoms with Crippen molar-refractivity contribution < 1.29 is 37.4 Å². The minimum Gasteiger partial charge on any atom is -0.464 e. The second-order valence-electron chi connectivity index (χ2n) is 10.5. The molecule has 1 N–H and O–H groups in total. The van der Waals surface area contributed by atoms with E-state index in [1.807, 2.05) is 0 Å². The Hall–Kier alpha value is -4.13. The first-order chi connectivity index (χ1) is 18.0. The van der Waals surface area contributed by atoms with Crippen LogP contribution < -0.4 is 4.74 Å². The van der Waals surface area contributed by atoms with E-state index in [9.17, 15) is 27.9 Å². The second kappa shape index (κ2) is 10.6. The molecule has 3 rings (SSSR count). The topological polar surface area (TPSA) is 148 Å². The van der Waals surface area contributed by atoms with Crippen molar-refractivity contribution in [3.05, 3.63) is 54.2 Å². The van der Waals surface area contributed by atoms with Gasteiger partial charge in [-0.05, 0) is 72.7 Å². The Morgan fingerprint density at radius 1 is 0.949 bits per heavy atom. The third-order valence-electron chi connectivity index (χ3n) is 5.37. The lowest BCUT2D eigenvalue weighted by Crippen LogP contribution is -2.64. The molecule has 2 amide bonds. The zero-order chi connectivity index (χ0) is 29.3. The number of rotatable bonds is 5. The fraction of sp³-hybridized carbons (Fsp3) is 0.385. The van der Waals surface area contributed by atoms with E-state index in [0.717, 1.165) is 14.0 Å². The van der Waals surface area contributed by atoms with Crippen LogP contribution in [0.3, 0.4) is 0 Å². The van der Waals surface area contributed by atoms with Gasteiger partial charge in [-0.2, -0.15) is 0 Å². The minimum absolute atomic E-state index is 0.0124. The summed E-state index contributed by atoms with van der Waals surface area (Å²) >= 11 is 0. The molecule has 0 unspecified atom stereocenters.